The van der Waals surface area contributed by atoms with E-state index >= 15 is 0 Å². The maximum atomic E-state index is 11.8. The van der Waals surface area contributed by atoms with Gasteiger partial charge in [0.15, 0.2) is 12.0 Å². The molecule has 2 rings (SSSR count). The molecule has 0 aliphatic heterocycles. The fraction of sp³-hybridized carbons (Fsp3) is 0.353. The molecule has 0 saturated carbocycles. The lowest BCUT2D eigenvalue weighted by Gasteiger charge is -2.24. The summed E-state index contributed by atoms with van der Waals surface area (Å²) >= 11 is 0. The van der Waals surface area contributed by atoms with Crippen LogP contribution in [0.4, 0.5) is 5.69 Å². The standard InChI is InChI=1S/C17H22N2O3/c1-17(2,3)19-16(21)14-9-12(10-15(20)22-14)11-6-5-7-13(8-11)18-4/h5-10,16,18-19,21H,1-4H3. The maximum Gasteiger partial charge on any atom is 0.336 e. The molecule has 0 bridgehead atoms. The van der Waals surface area contributed by atoms with Crippen molar-refractivity contribution in [2.24, 2.45) is 0 Å². The smallest absolute Gasteiger partial charge is 0.336 e. The molecule has 1 aromatic carbocycles. The second kappa shape index (κ2) is 6.34. The van der Waals surface area contributed by atoms with E-state index < -0.39 is 11.9 Å². The lowest BCUT2D eigenvalue weighted by atomic mass is 10.0. The monoisotopic (exact) mass is 302 g/mol. The molecule has 5 nitrogen and oxygen atoms in total. The minimum absolute atomic E-state index is 0.201. The second-order valence-electron chi connectivity index (χ2n) is 6.20. The third-order valence-electron chi connectivity index (χ3n) is 3.11. The zero-order chi connectivity index (χ0) is 16.3. The maximum absolute atomic E-state index is 11.8. The van der Waals surface area contributed by atoms with Gasteiger partial charge >= 0.3 is 5.63 Å². The Bertz CT molecular complexity index is 702. The van der Waals surface area contributed by atoms with E-state index in [4.69, 9.17) is 4.42 Å². The van der Waals surface area contributed by atoms with Gasteiger partial charge in [0.1, 0.15) is 0 Å². The molecule has 0 aliphatic rings. The van der Waals surface area contributed by atoms with E-state index in [1.807, 2.05) is 52.1 Å². The van der Waals surface area contributed by atoms with Gasteiger partial charge in [0.25, 0.3) is 0 Å². The van der Waals surface area contributed by atoms with Crippen LogP contribution in [-0.2, 0) is 0 Å². The van der Waals surface area contributed by atoms with Gasteiger partial charge in [-0.25, -0.2) is 4.79 Å². The highest BCUT2D eigenvalue weighted by atomic mass is 16.4. The van der Waals surface area contributed by atoms with Gasteiger partial charge < -0.3 is 14.8 Å². The summed E-state index contributed by atoms with van der Waals surface area (Å²) in [6.45, 7) is 5.78. The Labute approximate surface area is 130 Å². The van der Waals surface area contributed by atoms with Crippen LogP contribution < -0.4 is 16.3 Å². The number of aliphatic hydroxyl groups is 1. The first-order chi connectivity index (χ1) is 10.3. The van der Waals surface area contributed by atoms with Crippen molar-refractivity contribution in [3.05, 3.63) is 52.6 Å². The molecule has 0 spiro atoms. The van der Waals surface area contributed by atoms with E-state index in [0.29, 0.717) is 5.56 Å². The molecule has 1 heterocycles. The number of hydrogen-bond acceptors (Lipinski definition) is 5. The van der Waals surface area contributed by atoms with E-state index in [-0.39, 0.29) is 11.3 Å². The van der Waals surface area contributed by atoms with Crippen molar-refractivity contribution < 1.29 is 9.52 Å². The predicted octanol–water partition coefficient (Wildman–Crippen LogP) is 2.73. The van der Waals surface area contributed by atoms with Crippen molar-refractivity contribution in [3.8, 4) is 11.1 Å². The van der Waals surface area contributed by atoms with Crippen LogP contribution in [0.3, 0.4) is 0 Å². The van der Waals surface area contributed by atoms with Crippen LogP contribution in [0.2, 0.25) is 0 Å². The number of nitrogens with one attached hydrogen (secondary N) is 2. The zero-order valence-electron chi connectivity index (χ0n) is 13.3. The summed E-state index contributed by atoms with van der Waals surface area (Å²) in [6, 6.07) is 10.8. The Kier molecular flexibility index (Phi) is 4.68. The third-order valence-corrected chi connectivity index (χ3v) is 3.11. The summed E-state index contributed by atoms with van der Waals surface area (Å²) in [4.78, 5) is 11.8. The topological polar surface area (TPSA) is 74.5 Å². The Hall–Kier alpha value is -2.11. The average molecular weight is 302 g/mol. The summed E-state index contributed by atoms with van der Waals surface area (Å²) in [5, 5.41) is 16.2. The summed E-state index contributed by atoms with van der Waals surface area (Å²) in [6.07, 6.45) is -1.04. The highest BCUT2D eigenvalue weighted by molar-refractivity contribution is 5.67. The molecule has 3 N–H and O–H groups in total. The minimum Gasteiger partial charge on any atom is -0.424 e. The highest BCUT2D eigenvalue weighted by Gasteiger charge is 2.19. The molecular weight excluding hydrogens is 280 g/mol. The van der Waals surface area contributed by atoms with Gasteiger partial charge in [0, 0.05) is 24.3 Å². The molecule has 0 amide bonds. The van der Waals surface area contributed by atoms with Gasteiger partial charge in [0.2, 0.25) is 0 Å². The number of rotatable bonds is 4. The Balaban J connectivity index is 2.40. The summed E-state index contributed by atoms with van der Waals surface area (Å²) in [5.41, 5.74) is 1.74. The van der Waals surface area contributed by atoms with Crippen LogP contribution in [0.1, 0.15) is 32.8 Å². The number of aliphatic hydroxyl groups excluding tert-OH is 1. The van der Waals surface area contributed by atoms with Crippen LogP contribution >= 0.6 is 0 Å². The lowest BCUT2D eigenvalue weighted by Crippen LogP contribution is -2.39. The minimum atomic E-state index is -1.04. The first-order valence-electron chi connectivity index (χ1n) is 7.17. The quantitative estimate of drug-likeness (QED) is 0.757. The summed E-state index contributed by atoms with van der Waals surface area (Å²) < 4.78 is 5.12. The van der Waals surface area contributed by atoms with Crippen LogP contribution in [0.25, 0.3) is 11.1 Å². The van der Waals surface area contributed by atoms with Gasteiger partial charge in [-0.3, -0.25) is 5.32 Å². The third kappa shape index (κ3) is 4.19. The lowest BCUT2D eigenvalue weighted by molar-refractivity contribution is 0.0819. The Morgan fingerprint density at radius 3 is 2.50 bits per heavy atom. The largest absolute Gasteiger partial charge is 0.424 e. The van der Waals surface area contributed by atoms with Crippen molar-refractivity contribution >= 4 is 5.69 Å². The van der Waals surface area contributed by atoms with E-state index in [2.05, 4.69) is 10.6 Å². The zero-order valence-corrected chi connectivity index (χ0v) is 13.3. The molecular formula is C17H22N2O3. The fourth-order valence-corrected chi connectivity index (χ4v) is 2.13. The molecule has 0 saturated heterocycles. The van der Waals surface area contributed by atoms with Gasteiger partial charge in [-0.2, -0.15) is 0 Å². The van der Waals surface area contributed by atoms with Gasteiger partial charge in [-0.05, 0) is 50.1 Å². The molecule has 118 valence electrons. The molecule has 1 unspecified atom stereocenters. The highest BCUT2D eigenvalue weighted by Crippen LogP contribution is 2.24. The molecule has 5 heteroatoms. The van der Waals surface area contributed by atoms with Gasteiger partial charge in [-0.15, -0.1) is 0 Å². The Morgan fingerprint density at radius 2 is 1.86 bits per heavy atom. The van der Waals surface area contributed by atoms with Crippen LogP contribution in [-0.4, -0.2) is 17.7 Å². The van der Waals surface area contributed by atoms with E-state index in [1.165, 1.54) is 6.07 Å². The van der Waals surface area contributed by atoms with Gasteiger partial charge in [0.05, 0.1) is 0 Å². The molecule has 1 atom stereocenters. The molecule has 2 aromatic rings. The number of benzene rings is 1. The average Bonchev–Trinajstić information content (AvgIpc) is 2.45. The van der Waals surface area contributed by atoms with E-state index in [0.717, 1.165) is 11.3 Å². The molecule has 0 aliphatic carbocycles. The normalized spacial score (nSPS) is 13.0. The molecule has 0 radical (unpaired) electrons. The molecule has 22 heavy (non-hydrogen) atoms. The van der Waals surface area contributed by atoms with Crippen molar-refractivity contribution in [1.82, 2.24) is 5.32 Å². The van der Waals surface area contributed by atoms with E-state index in [9.17, 15) is 9.90 Å². The van der Waals surface area contributed by atoms with Crippen LogP contribution in [0, 0.1) is 0 Å². The first-order valence-corrected chi connectivity index (χ1v) is 7.17. The molecule has 0 fully saturated rings. The number of anilines is 1. The van der Waals surface area contributed by atoms with Crippen molar-refractivity contribution in [2.75, 3.05) is 12.4 Å². The van der Waals surface area contributed by atoms with Crippen LogP contribution in [0.15, 0.2) is 45.6 Å². The predicted molar refractivity (Wildman–Crippen MR) is 87.8 cm³/mol. The summed E-state index contributed by atoms with van der Waals surface area (Å²) in [5.74, 6) is 0.201. The van der Waals surface area contributed by atoms with Crippen LogP contribution in [0.5, 0.6) is 0 Å². The Morgan fingerprint density at radius 1 is 1.14 bits per heavy atom. The molecule has 1 aromatic heterocycles. The van der Waals surface area contributed by atoms with Crippen molar-refractivity contribution in [1.29, 1.82) is 0 Å². The van der Waals surface area contributed by atoms with E-state index in [1.54, 1.807) is 6.07 Å². The van der Waals surface area contributed by atoms with Gasteiger partial charge in [-0.1, -0.05) is 12.1 Å². The first kappa shape index (κ1) is 16.3. The number of hydrogen-bond donors (Lipinski definition) is 3. The fourth-order valence-electron chi connectivity index (χ4n) is 2.13. The summed E-state index contributed by atoms with van der Waals surface area (Å²) in [7, 11) is 1.83. The SMILES string of the molecule is CNc1cccc(-c2cc(C(O)NC(C)(C)C)oc(=O)c2)c1. The van der Waals surface area contributed by atoms with Crippen molar-refractivity contribution in [2.45, 2.75) is 32.5 Å². The second-order valence-corrected chi connectivity index (χ2v) is 6.20. The van der Waals surface area contributed by atoms with Crippen molar-refractivity contribution in [3.63, 3.8) is 0 Å².